The van der Waals surface area contributed by atoms with Crippen LogP contribution in [0.4, 0.5) is 13.2 Å². The summed E-state index contributed by atoms with van der Waals surface area (Å²) in [5.74, 6) is 0.405. The molecule has 0 saturated heterocycles. The first-order chi connectivity index (χ1) is 8.46. The summed E-state index contributed by atoms with van der Waals surface area (Å²) in [5, 5.41) is 0. The molecule has 1 aliphatic rings. The second-order valence-electron chi connectivity index (χ2n) is 4.35. The highest BCUT2D eigenvalue weighted by molar-refractivity contribution is 5.84. The third-order valence-electron chi connectivity index (χ3n) is 2.89. The third-order valence-corrected chi connectivity index (χ3v) is 2.89. The molecule has 0 radical (unpaired) electrons. The van der Waals surface area contributed by atoms with Crippen molar-refractivity contribution in [3.05, 3.63) is 29.8 Å². The van der Waals surface area contributed by atoms with Gasteiger partial charge in [-0.1, -0.05) is 18.2 Å². The fraction of sp³-hybridized carbons (Fsp3) is 0.462. The van der Waals surface area contributed by atoms with Gasteiger partial charge in [0, 0.05) is 19.3 Å². The quantitative estimate of drug-likeness (QED) is 0.828. The van der Waals surface area contributed by atoms with Gasteiger partial charge in [0.25, 0.3) is 0 Å². The Bertz CT molecular complexity index is 415. The van der Waals surface area contributed by atoms with Crippen molar-refractivity contribution in [1.29, 1.82) is 0 Å². The van der Waals surface area contributed by atoms with Crippen LogP contribution >= 0.6 is 0 Å². The normalized spacial score (nSPS) is 18.3. The van der Waals surface area contributed by atoms with Gasteiger partial charge in [-0.05, 0) is 18.1 Å². The van der Waals surface area contributed by atoms with Gasteiger partial charge in [0.2, 0.25) is 0 Å². The molecule has 0 amide bonds. The number of fused-ring (bicyclic) bond motifs is 1. The molecule has 0 fully saturated rings. The Morgan fingerprint density at radius 2 is 2.06 bits per heavy atom. The number of carbonyl (C=O) groups is 1. The minimum absolute atomic E-state index is 0.0852. The Morgan fingerprint density at radius 1 is 1.33 bits per heavy atom. The fourth-order valence-corrected chi connectivity index (χ4v) is 1.99. The summed E-state index contributed by atoms with van der Waals surface area (Å²) in [7, 11) is 0. The summed E-state index contributed by atoms with van der Waals surface area (Å²) in [6, 6.07) is 7.27. The highest BCUT2D eigenvalue weighted by Crippen LogP contribution is 2.29. The number of hydrogen-bond acceptors (Lipinski definition) is 2. The average molecular weight is 258 g/mol. The number of carbonyl (C=O) groups excluding carboxylic acids is 1. The molecule has 1 atom stereocenters. The zero-order chi connectivity index (χ0) is 13.2. The van der Waals surface area contributed by atoms with Crippen LogP contribution in [0.25, 0.3) is 0 Å². The Kier molecular flexibility index (Phi) is 3.59. The highest BCUT2D eigenvalue weighted by Gasteiger charge is 2.30. The van der Waals surface area contributed by atoms with E-state index in [1.54, 1.807) is 12.1 Å². The number of rotatable bonds is 4. The van der Waals surface area contributed by atoms with Crippen LogP contribution in [0.1, 0.15) is 24.8 Å². The predicted molar refractivity (Wildman–Crippen MR) is 59.5 cm³/mol. The largest absolute Gasteiger partial charge is 0.482 e. The van der Waals surface area contributed by atoms with E-state index in [9.17, 15) is 18.0 Å². The smallest absolute Gasteiger partial charge is 0.389 e. The molecule has 1 unspecified atom stereocenters. The van der Waals surface area contributed by atoms with Crippen molar-refractivity contribution < 1.29 is 22.7 Å². The maximum atomic E-state index is 12.0. The first kappa shape index (κ1) is 12.9. The molecule has 0 bridgehead atoms. The summed E-state index contributed by atoms with van der Waals surface area (Å²) < 4.78 is 41.3. The Hall–Kier alpha value is -1.52. The van der Waals surface area contributed by atoms with Gasteiger partial charge >= 0.3 is 6.18 Å². The topological polar surface area (TPSA) is 26.3 Å². The van der Waals surface area contributed by atoms with Crippen LogP contribution in [0.15, 0.2) is 24.3 Å². The van der Waals surface area contributed by atoms with Crippen molar-refractivity contribution in [2.75, 3.05) is 0 Å². The van der Waals surface area contributed by atoms with Crippen LogP contribution in [0, 0.1) is 0 Å². The minimum atomic E-state index is -4.19. The second-order valence-corrected chi connectivity index (χ2v) is 4.35. The lowest BCUT2D eigenvalue weighted by atomic mass is 10.0. The molecule has 98 valence electrons. The molecule has 0 aliphatic carbocycles. The lowest BCUT2D eigenvalue weighted by Gasteiger charge is -2.10. The molecular weight excluding hydrogens is 245 g/mol. The van der Waals surface area contributed by atoms with E-state index in [4.69, 9.17) is 4.74 Å². The molecule has 0 saturated carbocycles. The molecule has 1 aromatic carbocycles. The SMILES string of the molecule is O=C(CCCC(F)(F)F)C1Cc2ccccc2O1. The van der Waals surface area contributed by atoms with Crippen LogP contribution in [-0.4, -0.2) is 18.1 Å². The number of Topliss-reactive ketones (excluding diaryl/α,β-unsaturated/α-hetero) is 1. The van der Waals surface area contributed by atoms with Crippen LogP contribution in [-0.2, 0) is 11.2 Å². The Balaban J connectivity index is 1.83. The first-order valence-corrected chi connectivity index (χ1v) is 5.80. The van der Waals surface area contributed by atoms with E-state index in [-0.39, 0.29) is 18.6 Å². The molecule has 1 aromatic rings. The molecule has 5 heteroatoms. The van der Waals surface area contributed by atoms with E-state index < -0.39 is 18.7 Å². The molecule has 1 aliphatic heterocycles. The zero-order valence-corrected chi connectivity index (χ0v) is 9.67. The minimum Gasteiger partial charge on any atom is -0.482 e. The highest BCUT2D eigenvalue weighted by atomic mass is 19.4. The molecule has 0 N–H and O–H groups in total. The number of alkyl halides is 3. The maximum absolute atomic E-state index is 12.0. The summed E-state index contributed by atoms with van der Waals surface area (Å²) in [5.41, 5.74) is 0.937. The van der Waals surface area contributed by atoms with E-state index in [1.165, 1.54) is 0 Å². The number of para-hydroxylation sites is 1. The van der Waals surface area contributed by atoms with Crippen molar-refractivity contribution >= 4 is 5.78 Å². The summed E-state index contributed by atoms with van der Waals surface area (Å²) >= 11 is 0. The van der Waals surface area contributed by atoms with Gasteiger partial charge < -0.3 is 4.74 Å². The van der Waals surface area contributed by atoms with E-state index in [1.807, 2.05) is 12.1 Å². The number of halogens is 3. The standard InChI is InChI=1S/C13H13F3O2/c14-13(15,16)7-3-5-10(17)12-8-9-4-1-2-6-11(9)18-12/h1-2,4,6,12H,3,5,7-8H2. The number of benzene rings is 1. The van der Waals surface area contributed by atoms with E-state index in [0.717, 1.165) is 5.56 Å². The van der Waals surface area contributed by atoms with Crippen molar-refractivity contribution in [3.63, 3.8) is 0 Å². The van der Waals surface area contributed by atoms with Crippen molar-refractivity contribution in [1.82, 2.24) is 0 Å². The third kappa shape index (κ3) is 3.24. The lowest BCUT2D eigenvalue weighted by Crippen LogP contribution is -2.25. The van der Waals surface area contributed by atoms with Crippen molar-refractivity contribution in [3.8, 4) is 5.75 Å². The monoisotopic (exact) mass is 258 g/mol. The first-order valence-electron chi connectivity index (χ1n) is 5.80. The summed E-state index contributed by atoms with van der Waals surface area (Å²) in [6.07, 6.45) is -5.52. The average Bonchev–Trinajstić information content (AvgIpc) is 2.70. The summed E-state index contributed by atoms with van der Waals surface area (Å²) in [6.45, 7) is 0. The van der Waals surface area contributed by atoms with Crippen LogP contribution in [0.5, 0.6) is 5.75 Å². The van der Waals surface area contributed by atoms with Gasteiger partial charge in [0.05, 0.1) is 0 Å². The van der Waals surface area contributed by atoms with Gasteiger partial charge in [0.15, 0.2) is 11.9 Å². The molecule has 0 spiro atoms. The van der Waals surface area contributed by atoms with Gasteiger partial charge in [-0.15, -0.1) is 0 Å². The second kappa shape index (κ2) is 5.00. The van der Waals surface area contributed by atoms with Crippen molar-refractivity contribution in [2.45, 2.75) is 38.0 Å². The van der Waals surface area contributed by atoms with E-state index in [2.05, 4.69) is 0 Å². The van der Waals surface area contributed by atoms with Gasteiger partial charge in [-0.25, -0.2) is 0 Å². The van der Waals surface area contributed by atoms with Gasteiger partial charge in [0.1, 0.15) is 5.75 Å². The molecular formula is C13H13F3O2. The zero-order valence-electron chi connectivity index (χ0n) is 9.67. The van der Waals surface area contributed by atoms with Crippen LogP contribution in [0.3, 0.4) is 0 Å². The molecule has 1 heterocycles. The maximum Gasteiger partial charge on any atom is 0.389 e. The van der Waals surface area contributed by atoms with Crippen LogP contribution in [0.2, 0.25) is 0 Å². The van der Waals surface area contributed by atoms with Crippen LogP contribution < -0.4 is 4.74 Å². The molecule has 18 heavy (non-hydrogen) atoms. The predicted octanol–water partition coefficient (Wildman–Crippen LogP) is 3.29. The van der Waals surface area contributed by atoms with E-state index in [0.29, 0.717) is 12.2 Å². The lowest BCUT2D eigenvalue weighted by molar-refractivity contribution is -0.138. The Labute approximate surface area is 103 Å². The molecule has 0 aromatic heterocycles. The Morgan fingerprint density at radius 3 is 2.72 bits per heavy atom. The van der Waals surface area contributed by atoms with Gasteiger partial charge in [-0.2, -0.15) is 13.2 Å². The molecule has 2 rings (SSSR count). The molecule has 2 nitrogen and oxygen atoms in total. The number of hydrogen-bond donors (Lipinski definition) is 0. The summed E-state index contributed by atoms with van der Waals surface area (Å²) in [4.78, 5) is 11.7. The van der Waals surface area contributed by atoms with Gasteiger partial charge in [-0.3, -0.25) is 4.79 Å². The number of ketones is 1. The van der Waals surface area contributed by atoms with E-state index >= 15 is 0 Å². The number of ether oxygens (including phenoxy) is 1. The van der Waals surface area contributed by atoms with Crippen molar-refractivity contribution in [2.24, 2.45) is 0 Å². The fourth-order valence-electron chi connectivity index (χ4n) is 1.99.